The Labute approximate surface area is 130 Å². The van der Waals surface area contributed by atoms with E-state index in [9.17, 15) is 4.79 Å². The van der Waals surface area contributed by atoms with Crippen LogP contribution in [0, 0.1) is 0 Å². The number of nitrogens with zero attached hydrogens (tertiary/aromatic N) is 2. The number of ether oxygens (including phenoxy) is 1. The van der Waals surface area contributed by atoms with Gasteiger partial charge in [-0.1, -0.05) is 42.5 Å². The zero-order chi connectivity index (χ0) is 15.2. The molecule has 0 N–H and O–H groups in total. The average Bonchev–Trinajstić information content (AvgIpc) is 2.61. The van der Waals surface area contributed by atoms with Gasteiger partial charge in [0.25, 0.3) is 0 Å². The Balaban J connectivity index is 1.70. The third kappa shape index (κ3) is 3.34. The van der Waals surface area contributed by atoms with Crippen molar-refractivity contribution in [3.05, 3.63) is 72.1 Å². The number of carbonyl (C=O) groups excluding carboxylic acids is 1. The summed E-state index contributed by atoms with van der Waals surface area (Å²) in [6, 6.07) is 15.4. The van der Waals surface area contributed by atoms with Crippen molar-refractivity contribution in [2.75, 3.05) is 6.54 Å². The van der Waals surface area contributed by atoms with Crippen LogP contribution in [0.25, 0.3) is 5.70 Å². The molecule has 0 atom stereocenters. The van der Waals surface area contributed by atoms with E-state index in [0.717, 1.165) is 29.8 Å². The molecular formula is C18H18N2O2. The van der Waals surface area contributed by atoms with Gasteiger partial charge in [0.1, 0.15) is 6.61 Å². The maximum absolute atomic E-state index is 12.4. The van der Waals surface area contributed by atoms with Gasteiger partial charge in [-0.2, -0.15) is 0 Å². The SMILES string of the molecule is O=C(OCc1ccccc1)N1CCCC=C1c1ccccn1. The molecular weight excluding hydrogens is 276 g/mol. The van der Waals surface area contributed by atoms with Crippen molar-refractivity contribution in [1.82, 2.24) is 9.88 Å². The van der Waals surface area contributed by atoms with E-state index in [1.807, 2.05) is 48.5 Å². The number of allylic oxidation sites excluding steroid dienone is 1. The first-order valence-electron chi connectivity index (χ1n) is 7.44. The van der Waals surface area contributed by atoms with E-state index in [4.69, 9.17) is 4.74 Å². The van der Waals surface area contributed by atoms with Crippen LogP contribution in [0.2, 0.25) is 0 Å². The molecule has 0 radical (unpaired) electrons. The predicted molar refractivity (Wildman–Crippen MR) is 84.8 cm³/mol. The summed E-state index contributed by atoms with van der Waals surface area (Å²) in [6.45, 7) is 0.946. The van der Waals surface area contributed by atoms with Gasteiger partial charge in [-0.25, -0.2) is 4.79 Å². The molecule has 4 nitrogen and oxygen atoms in total. The third-order valence-corrected chi connectivity index (χ3v) is 3.57. The molecule has 3 rings (SSSR count). The molecule has 0 unspecified atom stereocenters. The van der Waals surface area contributed by atoms with Crippen LogP contribution in [-0.4, -0.2) is 22.5 Å². The van der Waals surface area contributed by atoms with Crippen LogP contribution in [0.15, 0.2) is 60.8 Å². The fraction of sp³-hybridized carbons (Fsp3) is 0.222. The van der Waals surface area contributed by atoms with Gasteiger partial charge in [-0.05, 0) is 30.5 Å². The van der Waals surface area contributed by atoms with Crippen LogP contribution >= 0.6 is 0 Å². The quantitative estimate of drug-likeness (QED) is 0.863. The average molecular weight is 294 g/mol. The lowest BCUT2D eigenvalue weighted by Gasteiger charge is -2.27. The molecule has 2 aromatic rings. The first kappa shape index (κ1) is 14.3. The molecule has 0 fully saturated rings. The van der Waals surface area contributed by atoms with E-state index in [0.29, 0.717) is 6.54 Å². The van der Waals surface area contributed by atoms with Gasteiger partial charge in [-0.3, -0.25) is 9.88 Å². The maximum atomic E-state index is 12.4. The van der Waals surface area contributed by atoms with Gasteiger partial charge < -0.3 is 4.74 Å². The second-order valence-corrected chi connectivity index (χ2v) is 5.14. The molecule has 0 saturated heterocycles. The van der Waals surface area contributed by atoms with E-state index in [1.165, 1.54) is 0 Å². The van der Waals surface area contributed by atoms with Crippen molar-refractivity contribution < 1.29 is 9.53 Å². The summed E-state index contributed by atoms with van der Waals surface area (Å²) in [5.41, 5.74) is 2.62. The minimum atomic E-state index is -0.319. The van der Waals surface area contributed by atoms with E-state index in [1.54, 1.807) is 11.1 Å². The lowest BCUT2D eigenvalue weighted by Crippen LogP contribution is -2.33. The fourth-order valence-corrected chi connectivity index (χ4v) is 2.46. The molecule has 0 saturated carbocycles. The molecule has 1 aliphatic heterocycles. The number of carbonyl (C=O) groups is 1. The Morgan fingerprint density at radius 3 is 2.73 bits per heavy atom. The molecule has 1 aromatic carbocycles. The number of rotatable bonds is 3. The first-order chi connectivity index (χ1) is 10.8. The van der Waals surface area contributed by atoms with Crippen molar-refractivity contribution >= 4 is 11.8 Å². The number of amides is 1. The molecule has 1 amide bonds. The zero-order valence-electron chi connectivity index (χ0n) is 12.3. The van der Waals surface area contributed by atoms with Gasteiger partial charge in [0.2, 0.25) is 0 Å². The van der Waals surface area contributed by atoms with Crippen molar-refractivity contribution in [3.63, 3.8) is 0 Å². The highest BCUT2D eigenvalue weighted by atomic mass is 16.6. The second kappa shape index (κ2) is 6.89. The summed E-state index contributed by atoms with van der Waals surface area (Å²) in [5, 5.41) is 0. The Hall–Kier alpha value is -2.62. The van der Waals surface area contributed by atoms with Crippen LogP contribution in [-0.2, 0) is 11.3 Å². The molecule has 1 aliphatic rings. The van der Waals surface area contributed by atoms with E-state index >= 15 is 0 Å². The number of benzene rings is 1. The molecule has 112 valence electrons. The highest BCUT2D eigenvalue weighted by Crippen LogP contribution is 2.24. The van der Waals surface area contributed by atoms with Crippen molar-refractivity contribution in [2.45, 2.75) is 19.4 Å². The standard InChI is InChI=1S/C18H18N2O2/c21-18(22-14-15-8-2-1-3-9-15)20-13-7-5-11-17(20)16-10-4-6-12-19-16/h1-4,6,8-12H,5,7,13-14H2. The Morgan fingerprint density at radius 1 is 1.14 bits per heavy atom. The summed E-state index contributed by atoms with van der Waals surface area (Å²) in [4.78, 5) is 18.4. The van der Waals surface area contributed by atoms with Crippen molar-refractivity contribution in [2.24, 2.45) is 0 Å². The summed E-state index contributed by atoms with van der Waals surface area (Å²) < 4.78 is 5.44. The van der Waals surface area contributed by atoms with Crippen molar-refractivity contribution in [1.29, 1.82) is 0 Å². The smallest absolute Gasteiger partial charge is 0.414 e. The van der Waals surface area contributed by atoms with Gasteiger partial charge in [-0.15, -0.1) is 0 Å². The highest BCUT2D eigenvalue weighted by molar-refractivity contribution is 5.81. The predicted octanol–water partition coefficient (Wildman–Crippen LogP) is 3.86. The maximum Gasteiger partial charge on any atom is 0.414 e. The monoisotopic (exact) mass is 294 g/mol. The lowest BCUT2D eigenvalue weighted by atomic mass is 10.1. The molecule has 0 spiro atoms. The Bertz CT molecular complexity index is 653. The molecule has 2 heterocycles. The van der Waals surface area contributed by atoms with Gasteiger partial charge in [0.15, 0.2) is 0 Å². The third-order valence-electron chi connectivity index (χ3n) is 3.57. The highest BCUT2D eigenvalue weighted by Gasteiger charge is 2.23. The topological polar surface area (TPSA) is 42.4 Å². The largest absolute Gasteiger partial charge is 0.444 e. The second-order valence-electron chi connectivity index (χ2n) is 5.14. The molecule has 22 heavy (non-hydrogen) atoms. The van der Waals surface area contributed by atoms with Crippen LogP contribution < -0.4 is 0 Å². The van der Waals surface area contributed by atoms with E-state index in [2.05, 4.69) is 11.1 Å². The molecule has 1 aromatic heterocycles. The van der Waals surface area contributed by atoms with E-state index in [-0.39, 0.29) is 12.7 Å². The summed E-state index contributed by atoms with van der Waals surface area (Å²) in [6.07, 6.45) is 5.36. The van der Waals surface area contributed by atoms with Crippen LogP contribution in [0.5, 0.6) is 0 Å². The first-order valence-corrected chi connectivity index (χ1v) is 7.44. The van der Waals surface area contributed by atoms with E-state index < -0.39 is 0 Å². The van der Waals surface area contributed by atoms with Crippen LogP contribution in [0.3, 0.4) is 0 Å². The zero-order valence-corrected chi connectivity index (χ0v) is 12.3. The van der Waals surface area contributed by atoms with Crippen LogP contribution in [0.4, 0.5) is 4.79 Å². The molecule has 4 heteroatoms. The van der Waals surface area contributed by atoms with Crippen molar-refractivity contribution in [3.8, 4) is 0 Å². The van der Waals surface area contributed by atoms with Gasteiger partial charge >= 0.3 is 6.09 Å². The molecule has 0 bridgehead atoms. The fourth-order valence-electron chi connectivity index (χ4n) is 2.46. The van der Waals surface area contributed by atoms with Gasteiger partial charge in [0, 0.05) is 12.7 Å². The summed E-state index contributed by atoms with van der Waals surface area (Å²) in [7, 11) is 0. The summed E-state index contributed by atoms with van der Waals surface area (Å²) >= 11 is 0. The number of hydrogen-bond donors (Lipinski definition) is 0. The van der Waals surface area contributed by atoms with Crippen LogP contribution in [0.1, 0.15) is 24.1 Å². The minimum absolute atomic E-state index is 0.283. The number of aromatic nitrogens is 1. The molecule has 0 aliphatic carbocycles. The lowest BCUT2D eigenvalue weighted by molar-refractivity contribution is 0.112. The summed E-state index contributed by atoms with van der Waals surface area (Å²) in [5.74, 6) is 0. The Kier molecular flexibility index (Phi) is 4.49. The van der Waals surface area contributed by atoms with Gasteiger partial charge in [0.05, 0.1) is 11.4 Å². The Morgan fingerprint density at radius 2 is 1.95 bits per heavy atom. The number of pyridine rings is 1. The minimum Gasteiger partial charge on any atom is -0.444 e. The normalized spacial score (nSPS) is 14.4. The number of hydrogen-bond acceptors (Lipinski definition) is 3.